The number of thioether (sulfide) groups is 1. The van der Waals surface area contributed by atoms with E-state index < -0.39 is 0 Å². The van der Waals surface area contributed by atoms with E-state index in [0.29, 0.717) is 18.2 Å². The standard InChI is InChI=1S/C20H25N3O3S/c1-25-19-13-21-14-20(23-19)26-16-9-7-15(8-10-16)22-18(24)11-12-27-17-5-3-2-4-6-17/h2-6,13-16H,7-12H2,1H3,(H,22,24). The van der Waals surface area contributed by atoms with Gasteiger partial charge in [0.1, 0.15) is 6.10 Å². The lowest BCUT2D eigenvalue weighted by Crippen LogP contribution is -2.39. The summed E-state index contributed by atoms with van der Waals surface area (Å²) in [6.07, 6.45) is 7.41. The van der Waals surface area contributed by atoms with Crippen LogP contribution >= 0.6 is 11.8 Å². The molecule has 1 amide bonds. The fourth-order valence-electron chi connectivity index (χ4n) is 3.06. The highest BCUT2D eigenvalue weighted by molar-refractivity contribution is 7.99. The fourth-order valence-corrected chi connectivity index (χ4v) is 3.93. The first-order valence-corrected chi connectivity index (χ1v) is 10.2. The van der Waals surface area contributed by atoms with Gasteiger partial charge in [-0.3, -0.25) is 9.78 Å². The minimum Gasteiger partial charge on any atom is -0.480 e. The van der Waals surface area contributed by atoms with Crippen LogP contribution in [-0.4, -0.2) is 40.9 Å². The Balaban J connectivity index is 1.34. The van der Waals surface area contributed by atoms with Crippen LogP contribution in [0.2, 0.25) is 0 Å². The number of ether oxygens (including phenoxy) is 2. The van der Waals surface area contributed by atoms with Gasteiger partial charge in [0, 0.05) is 23.1 Å². The predicted octanol–water partition coefficient (Wildman–Crippen LogP) is 3.47. The molecule has 1 heterocycles. The molecular weight excluding hydrogens is 362 g/mol. The summed E-state index contributed by atoms with van der Waals surface area (Å²) in [6, 6.07) is 10.4. The predicted molar refractivity (Wildman–Crippen MR) is 105 cm³/mol. The summed E-state index contributed by atoms with van der Waals surface area (Å²) in [4.78, 5) is 21.6. The second-order valence-electron chi connectivity index (χ2n) is 6.47. The van der Waals surface area contributed by atoms with Crippen LogP contribution in [0.25, 0.3) is 0 Å². The second-order valence-corrected chi connectivity index (χ2v) is 7.64. The number of methoxy groups -OCH3 is 1. The van der Waals surface area contributed by atoms with E-state index in [2.05, 4.69) is 27.4 Å². The minimum atomic E-state index is 0.105. The van der Waals surface area contributed by atoms with E-state index in [4.69, 9.17) is 9.47 Å². The summed E-state index contributed by atoms with van der Waals surface area (Å²) in [7, 11) is 1.56. The smallest absolute Gasteiger partial charge is 0.235 e. The van der Waals surface area contributed by atoms with Gasteiger partial charge >= 0.3 is 0 Å². The molecule has 2 aromatic rings. The van der Waals surface area contributed by atoms with Gasteiger partial charge in [-0.25, -0.2) is 0 Å². The van der Waals surface area contributed by atoms with Crippen molar-refractivity contribution < 1.29 is 14.3 Å². The molecular formula is C20H25N3O3S. The first-order valence-electron chi connectivity index (χ1n) is 9.23. The van der Waals surface area contributed by atoms with Crippen molar-refractivity contribution in [1.29, 1.82) is 0 Å². The summed E-state index contributed by atoms with van der Waals surface area (Å²) in [5.41, 5.74) is 0. The molecule has 0 unspecified atom stereocenters. The SMILES string of the molecule is COc1cncc(OC2CCC(NC(=O)CCSc3ccccc3)CC2)n1. The Morgan fingerprint density at radius 2 is 1.89 bits per heavy atom. The molecule has 1 aromatic heterocycles. The van der Waals surface area contributed by atoms with Gasteiger partial charge in [0.15, 0.2) is 0 Å². The monoisotopic (exact) mass is 387 g/mol. The Kier molecular flexibility index (Phi) is 7.33. The van der Waals surface area contributed by atoms with E-state index in [1.54, 1.807) is 31.3 Å². The molecule has 1 fully saturated rings. The van der Waals surface area contributed by atoms with Crippen molar-refractivity contribution in [3.63, 3.8) is 0 Å². The Morgan fingerprint density at radius 1 is 1.15 bits per heavy atom. The number of carbonyl (C=O) groups is 1. The molecule has 3 rings (SSSR count). The van der Waals surface area contributed by atoms with E-state index in [1.807, 2.05) is 18.2 Å². The van der Waals surface area contributed by atoms with Crippen LogP contribution in [0.5, 0.6) is 11.8 Å². The highest BCUT2D eigenvalue weighted by Crippen LogP contribution is 2.24. The average Bonchev–Trinajstić information content (AvgIpc) is 2.70. The number of nitrogens with one attached hydrogen (secondary N) is 1. The fraction of sp³-hybridized carbons (Fsp3) is 0.450. The molecule has 0 aliphatic heterocycles. The molecule has 0 saturated heterocycles. The number of hydrogen-bond acceptors (Lipinski definition) is 6. The van der Waals surface area contributed by atoms with E-state index in [0.717, 1.165) is 31.4 Å². The summed E-state index contributed by atoms with van der Waals surface area (Å²) < 4.78 is 11.0. The van der Waals surface area contributed by atoms with Crippen LogP contribution in [0, 0.1) is 0 Å². The second kappa shape index (κ2) is 10.2. The molecule has 0 atom stereocenters. The average molecular weight is 388 g/mol. The molecule has 0 bridgehead atoms. The molecule has 27 heavy (non-hydrogen) atoms. The molecule has 1 aromatic carbocycles. The van der Waals surface area contributed by atoms with Gasteiger partial charge in [0.2, 0.25) is 17.7 Å². The van der Waals surface area contributed by atoms with E-state index in [9.17, 15) is 4.79 Å². The number of carbonyl (C=O) groups excluding carboxylic acids is 1. The third-order valence-electron chi connectivity index (χ3n) is 4.47. The number of amides is 1. The third-order valence-corrected chi connectivity index (χ3v) is 5.48. The highest BCUT2D eigenvalue weighted by Gasteiger charge is 2.24. The lowest BCUT2D eigenvalue weighted by molar-refractivity contribution is -0.121. The molecule has 1 saturated carbocycles. The van der Waals surface area contributed by atoms with Crippen LogP contribution in [0.15, 0.2) is 47.6 Å². The highest BCUT2D eigenvalue weighted by atomic mass is 32.2. The summed E-state index contributed by atoms with van der Waals surface area (Å²) in [5.74, 6) is 1.85. The van der Waals surface area contributed by atoms with Crippen LogP contribution in [0.3, 0.4) is 0 Å². The van der Waals surface area contributed by atoms with Gasteiger partial charge in [-0.2, -0.15) is 4.98 Å². The van der Waals surface area contributed by atoms with Gasteiger partial charge in [0.25, 0.3) is 0 Å². The summed E-state index contributed by atoms with van der Waals surface area (Å²) in [5, 5.41) is 3.15. The molecule has 1 aliphatic rings. The maximum absolute atomic E-state index is 12.2. The number of nitrogens with zero attached hydrogens (tertiary/aromatic N) is 2. The Morgan fingerprint density at radius 3 is 2.63 bits per heavy atom. The molecule has 0 spiro atoms. The van der Waals surface area contributed by atoms with Gasteiger partial charge in [-0.05, 0) is 37.8 Å². The lowest BCUT2D eigenvalue weighted by Gasteiger charge is -2.29. The quantitative estimate of drug-likeness (QED) is 0.699. The van der Waals surface area contributed by atoms with Crippen molar-refractivity contribution in [3.8, 4) is 11.8 Å². The summed E-state index contributed by atoms with van der Waals surface area (Å²) in [6.45, 7) is 0. The number of aromatic nitrogens is 2. The van der Waals surface area contributed by atoms with Crippen molar-refractivity contribution in [2.75, 3.05) is 12.9 Å². The van der Waals surface area contributed by atoms with Gasteiger partial charge in [-0.1, -0.05) is 18.2 Å². The third kappa shape index (κ3) is 6.43. The Bertz CT molecular complexity index is 721. The zero-order valence-electron chi connectivity index (χ0n) is 15.5. The molecule has 1 N–H and O–H groups in total. The van der Waals surface area contributed by atoms with E-state index in [1.165, 1.54) is 4.90 Å². The lowest BCUT2D eigenvalue weighted by atomic mass is 9.93. The van der Waals surface area contributed by atoms with Crippen LogP contribution in [-0.2, 0) is 4.79 Å². The molecule has 1 aliphatic carbocycles. The molecule has 6 nitrogen and oxygen atoms in total. The van der Waals surface area contributed by atoms with Crippen molar-refractivity contribution >= 4 is 17.7 Å². The first kappa shape index (κ1) is 19.5. The maximum Gasteiger partial charge on any atom is 0.235 e. The number of hydrogen-bond donors (Lipinski definition) is 1. The normalized spacial score (nSPS) is 19.3. The maximum atomic E-state index is 12.2. The van der Waals surface area contributed by atoms with Crippen LogP contribution < -0.4 is 14.8 Å². The topological polar surface area (TPSA) is 73.3 Å². The number of benzene rings is 1. The van der Waals surface area contributed by atoms with E-state index >= 15 is 0 Å². The van der Waals surface area contributed by atoms with E-state index in [-0.39, 0.29) is 18.1 Å². The van der Waals surface area contributed by atoms with Crippen LogP contribution in [0.4, 0.5) is 0 Å². The summed E-state index contributed by atoms with van der Waals surface area (Å²) >= 11 is 1.71. The van der Waals surface area contributed by atoms with Gasteiger partial charge < -0.3 is 14.8 Å². The van der Waals surface area contributed by atoms with Crippen molar-refractivity contribution in [3.05, 3.63) is 42.7 Å². The molecule has 0 radical (unpaired) electrons. The Labute approximate surface area is 164 Å². The van der Waals surface area contributed by atoms with Crippen LogP contribution in [0.1, 0.15) is 32.1 Å². The zero-order valence-corrected chi connectivity index (χ0v) is 16.3. The molecule has 7 heteroatoms. The van der Waals surface area contributed by atoms with Crippen molar-refractivity contribution in [2.24, 2.45) is 0 Å². The Hall–Kier alpha value is -2.28. The minimum absolute atomic E-state index is 0.105. The van der Waals surface area contributed by atoms with Crippen molar-refractivity contribution in [1.82, 2.24) is 15.3 Å². The first-order chi connectivity index (χ1) is 13.2. The van der Waals surface area contributed by atoms with Gasteiger partial charge in [-0.15, -0.1) is 11.8 Å². The number of rotatable bonds is 8. The van der Waals surface area contributed by atoms with Crippen molar-refractivity contribution in [2.45, 2.75) is 49.1 Å². The largest absolute Gasteiger partial charge is 0.480 e. The van der Waals surface area contributed by atoms with Gasteiger partial charge in [0.05, 0.1) is 19.5 Å². The molecule has 144 valence electrons. The zero-order chi connectivity index (χ0) is 18.9.